The SMILES string of the molecule is CCCCCCC1(CC(CC)CCCC)c2cc(B3OC(C)(C)C(C)(C)O3)ccc2-c2ccc(B3OC(C)(C)C(C)(C)O3)cc21. The van der Waals surface area contributed by atoms with Gasteiger partial charge in [-0.2, -0.15) is 0 Å². The Morgan fingerprint density at radius 3 is 1.42 bits per heavy atom. The minimum Gasteiger partial charge on any atom is -0.399 e. The van der Waals surface area contributed by atoms with Crippen LogP contribution in [0, 0.1) is 5.92 Å². The van der Waals surface area contributed by atoms with E-state index in [0.717, 1.165) is 23.8 Å². The summed E-state index contributed by atoms with van der Waals surface area (Å²) in [7, 11) is -0.742. The van der Waals surface area contributed by atoms with Gasteiger partial charge in [0.2, 0.25) is 0 Å². The molecule has 4 nitrogen and oxygen atoms in total. The van der Waals surface area contributed by atoms with Gasteiger partial charge in [-0.25, -0.2) is 0 Å². The lowest BCUT2D eigenvalue weighted by molar-refractivity contribution is 0.00578. The quantitative estimate of drug-likeness (QED) is 0.167. The zero-order valence-electron chi connectivity index (χ0n) is 30.4. The molecule has 1 aliphatic carbocycles. The molecule has 2 aliphatic heterocycles. The minimum absolute atomic E-state index is 0.0773. The minimum atomic E-state index is -0.373. The summed E-state index contributed by atoms with van der Waals surface area (Å²) in [6.07, 6.45) is 12.3. The van der Waals surface area contributed by atoms with Gasteiger partial charge >= 0.3 is 14.2 Å². The second kappa shape index (κ2) is 12.8. The lowest BCUT2D eigenvalue weighted by atomic mass is 9.65. The van der Waals surface area contributed by atoms with Crippen molar-refractivity contribution in [1.82, 2.24) is 0 Å². The van der Waals surface area contributed by atoms with E-state index in [1.54, 1.807) is 0 Å². The third-order valence-electron chi connectivity index (χ3n) is 12.1. The molecule has 2 heterocycles. The van der Waals surface area contributed by atoms with Crippen molar-refractivity contribution < 1.29 is 18.6 Å². The van der Waals surface area contributed by atoms with Crippen molar-refractivity contribution in [3.8, 4) is 11.1 Å². The van der Waals surface area contributed by atoms with E-state index in [1.807, 2.05) is 0 Å². The standard InChI is InChI=1S/C39H60B2O4/c1-12-15-17-18-24-39(27-28(14-3)19-16-13-2)33-25-29(40-42-35(4,5)36(6,7)43-40)20-22-31(33)32-23-21-30(26-34(32)39)41-44-37(8,9)38(10,11)45-41/h20-23,25-26,28H,12-19,24,27H2,1-11H3. The molecule has 3 aliphatic rings. The van der Waals surface area contributed by atoms with Crippen molar-refractivity contribution in [2.24, 2.45) is 5.92 Å². The normalized spacial score (nSPS) is 22.5. The summed E-state index contributed by atoms with van der Waals surface area (Å²) >= 11 is 0. The maximum absolute atomic E-state index is 6.59. The summed E-state index contributed by atoms with van der Waals surface area (Å²) in [5.74, 6) is 0.663. The topological polar surface area (TPSA) is 36.9 Å². The lowest BCUT2D eigenvalue weighted by Crippen LogP contribution is -2.41. The third kappa shape index (κ3) is 6.35. The predicted octanol–water partition coefficient (Wildman–Crippen LogP) is 9.13. The highest BCUT2D eigenvalue weighted by atomic mass is 16.7. The van der Waals surface area contributed by atoms with Gasteiger partial charge in [-0.1, -0.05) is 109 Å². The van der Waals surface area contributed by atoms with Crippen molar-refractivity contribution >= 4 is 25.2 Å². The second-order valence-electron chi connectivity index (χ2n) is 16.3. The Labute approximate surface area is 276 Å². The van der Waals surface area contributed by atoms with Gasteiger partial charge in [-0.3, -0.25) is 0 Å². The first-order chi connectivity index (χ1) is 21.1. The maximum atomic E-state index is 6.59. The first-order valence-corrected chi connectivity index (χ1v) is 18.1. The molecule has 1 unspecified atom stereocenters. The molecule has 246 valence electrons. The first kappa shape index (κ1) is 34.7. The van der Waals surface area contributed by atoms with Gasteiger partial charge < -0.3 is 18.6 Å². The van der Waals surface area contributed by atoms with Crippen molar-refractivity contribution in [3.05, 3.63) is 47.5 Å². The molecule has 5 rings (SSSR count). The Hall–Kier alpha value is -1.59. The molecule has 2 fully saturated rings. The number of hydrogen-bond acceptors (Lipinski definition) is 4. The molecule has 45 heavy (non-hydrogen) atoms. The predicted molar refractivity (Wildman–Crippen MR) is 191 cm³/mol. The highest BCUT2D eigenvalue weighted by molar-refractivity contribution is 6.62. The molecule has 0 N–H and O–H groups in total. The van der Waals surface area contributed by atoms with Crippen LogP contribution in [0.2, 0.25) is 0 Å². The molecule has 6 heteroatoms. The van der Waals surface area contributed by atoms with Gasteiger partial charge in [0.15, 0.2) is 0 Å². The van der Waals surface area contributed by atoms with Crippen molar-refractivity contribution in [3.63, 3.8) is 0 Å². The van der Waals surface area contributed by atoms with E-state index in [4.69, 9.17) is 18.6 Å². The third-order valence-corrected chi connectivity index (χ3v) is 12.1. The van der Waals surface area contributed by atoms with Gasteiger partial charge in [0.1, 0.15) is 0 Å². The summed E-state index contributed by atoms with van der Waals surface area (Å²) in [4.78, 5) is 0. The summed E-state index contributed by atoms with van der Waals surface area (Å²) in [6, 6.07) is 14.1. The number of hydrogen-bond donors (Lipinski definition) is 0. The number of rotatable bonds is 13. The summed E-state index contributed by atoms with van der Waals surface area (Å²) < 4.78 is 26.4. The van der Waals surface area contributed by atoms with E-state index >= 15 is 0 Å². The lowest BCUT2D eigenvalue weighted by Gasteiger charge is -2.36. The average Bonchev–Trinajstić information content (AvgIpc) is 3.47. The molecule has 0 saturated carbocycles. The van der Waals surface area contributed by atoms with Gasteiger partial charge in [-0.05, 0) is 107 Å². The fourth-order valence-corrected chi connectivity index (χ4v) is 7.66. The van der Waals surface area contributed by atoms with Crippen LogP contribution >= 0.6 is 0 Å². The van der Waals surface area contributed by atoms with Crippen LogP contribution in [0.3, 0.4) is 0 Å². The zero-order valence-corrected chi connectivity index (χ0v) is 30.4. The fraction of sp³-hybridized carbons (Fsp3) is 0.692. The van der Waals surface area contributed by atoms with Crippen LogP contribution in [0.25, 0.3) is 11.1 Å². The van der Waals surface area contributed by atoms with Crippen LogP contribution in [0.4, 0.5) is 0 Å². The van der Waals surface area contributed by atoms with Crippen LogP contribution in [0.5, 0.6) is 0 Å². The summed E-state index contributed by atoms with van der Waals surface area (Å²) in [6.45, 7) is 24.2. The van der Waals surface area contributed by atoms with E-state index in [2.05, 4.69) is 113 Å². The Kier molecular flexibility index (Phi) is 9.87. The number of fused-ring (bicyclic) bond motifs is 3. The largest absolute Gasteiger partial charge is 0.494 e. The molecular weight excluding hydrogens is 554 g/mol. The smallest absolute Gasteiger partial charge is 0.399 e. The van der Waals surface area contributed by atoms with Crippen LogP contribution in [-0.2, 0) is 24.0 Å². The van der Waals surface area contributed by atoms with E-state index in [1.165, 1.54) is 73.6 Å². The highest BCUT2D eigenvalue weighted by Gasteiger charge is 2.54. The van der Waals surface area contributed by atoms with Crippen LogP contribution in [0.15, 0.2) is 36.4 Å². The molecule has 1 atom stereocenters. The van der Waals surface area contributed by atoms with Gasteiger partial charge in [-0.15, -0.1) is 0 Å². The molecule has 0 bridgehead atoms. The van der Waals surface area contributed by atoms with Crippen LogP contribution in [0.1, 0.15) is 151 Å². The van der Waals surface area contributed by atoms with E-state index in [0.29, 0.717) is 5.92 Å². The zero-order chi connectivity index (χ0) is 32.8. The second-order valence-corrected chi connectivity index (χ2v) is 16.3. The van der Waals surface area contributed by atoms with E-state index in [9.17, 15) is 0 Å². The summed E-state index contributed by atoms with van der Waals surface area (Å²) in [5.41, 5.74) is 6.35. The average molecular weight is 615 g/mol. The first-order valence-electron chi connectivity index (χ1n) is 18.1. The summed E-state index contributed by atoms with van der Waals surface area (Å²) in [5, 5.41) is 0. The van der Waals surface area contributed by atoms with E-state index in [-0.39, 0.29) is 42.1 Å². The van der Waals surface area contributed by atoms with E-state index < -0.39 is 0 Å². The Morgan fingerprint density at radius 1 is 0.578 bits per heavy atom. The van der Waals surface area contributed by atoms with Crippen molar-refractivity contribution in [2.75, 3.05) is 0 Å². The molecule has 2 aromatic rings. The molecule has 2 saturated heterocycles. The fourth-order valence-electron chi connectivity index (χ4n) is 7.66. The Bertz CT molecular complexity index is 1230. The highest BCUT2D eigenvalue weighted by Crippen LogP contribution is 2.55. The van der Waals surface area contributed by atoms with Crippen LogP contribution in [-0.4, -0.2) is 36.6 Å². The molecule has 2 aromatic carbocycles. The number of unbranched alkanes of at least 4 members (excludes halogenated alkanes) is 4. The van der Waals surface area contributed by atoms with Crippen molar-refractivity contribution in [2.45, 2.75) is 168 Å². The van der Waals surface area contributed by atoms with Gasteiger partial charge in [0.25, 0.3) is 0 Å². The van der Waals surface area contributed by atoms with Crippen molar-refractivity contribution in [1.29, 1.82) is 0 Å². The molecule has 0 aromatic heterocycles. The molecule has 0 radical (unpaired) electrons. The Balaban J connectivity index is 1.64. The Morgan fingerprint density at radius 2 is 1.02 bits per heavy atom. The maximum Gasteiger partial charge on any atom is 0.494 e. The monoisotopic (exact) mass is 614 g/mol. The molecule has 0 amide bonds. The molecule has 0 spiro atoms. The molecular formula is C39H60B2O4. The van der Waals surface area contributed by atoms with Gasteiger partial charge in [0, 0.05) is 5.41 Å². The van der Waals surface area contributed by atoms with Crippen LogP contribution < -0.4 is 10.9 Å². The number of benzene rings is 2. The van der Waals surface area contributed by atoms with Gasteiger partial charge in [0.05, 0.1) is 22.4 Å².